The number of aromatic nitrogens is 1. The van der Waals surface area contributed by atoms with E-state index in [1.54, 1.807) is 24.3 Å². The van der Waals surface area contributed by atoms with Crippen LogP contribution in [0, 0.1) is 0 Å². The highest BCUT2D eigenvalue weighted by Crippen LogP contribution is 2.28. The van der Waals surface area contributed by atoms with Crippen molar-refractivity contribution in [3.63, 3.8) is 0 Å². The molecule has 2 N–H and O–H groups in total. The molecule has 0 bridgehead atoms. The van der Waals surface area contributed by atoms with Gasteiger partial charge in [0, 0.05) is 5.39 Å². The maximum absolute atomic E-state index is 11.3. The number of carboxylic acid groups (broad SMARTS) is 2. The lowest BCUT2D eigenvalue weighted by atomic mass is 10.1. The van der Waals surface area contributed by atoms with Crippen molar-refractivity contribution in [3.05, 3.63) is 35.5 Å². The molecule has 6 nitrogen and oxygen atoms in total. The van der Waals surface area contributed by atoms with E-state index < -0.39 is 18.0 Å². The molecule has 1 aromatic heterocycles. The average Bonchev–Trinajstić information content (AvgIpc) is 2.71. The van der Waals surface area contributed by atoms with Crippen molar-refractivity contribution in [2.75, 3.05) is 0 Å². The van der Waals surface area contributed by atoms with Crippen LogP contribution in [0.5, 0.6) is 0 Å². The zero-order valence-corrected chi connectivity index (χ0v) is 10.0. The smallest absolute Gasteiger partial charge is 0.353 e. The molecule has 0 saturated heterocycles. The van der Waals surface area contributed by atoms with Gasteiger partial charge < -0.3 is 14.8 Å². The third-order valence-electron chi connectivity index (χ3n) is 3.01. The second-order valence-electron chi connectivity index (χ2n) is 4.09. The molecule has 2 aromatic rings. The van der Waals surface area contributed by atoms with Crippen LogP contribution in [-0.4, -0.2) is 33.0 Å². The Kier molecular flexibility index (Phi) is 3.08. The Balaban J connectivity index is 2.94. The summed E-state index contributed by atoms with van der Waals surface area (Å²) in [4.78, 5) is 33.6. The summed E-state index contributed by atoms with van der Waals surface area (Å²) in [5, 5.41) is 18.8. The second kappa shape index (κ2) is 4.56. The van der Waals surface area contributed by atoms with E-state index in [4.69, 9.17) is 5.11 Å². The molecule has 0 radical (unpaired) electrons. The first kappa shape index (κ1) is 12.8. The fourth-order valence-corrected chi connectivity index (χ4v) is 2.14. The fourth-order valence-electron chi connectivity index (χ4n) is 2.14. The van der Waals surface area contributed by atoms with Crippen LogP contribution in [0.2, 0.25) is 0 Å². The van der Waals surface area contributed by atoms with Crippen LogP contribution in [0.15, 0.2) is 24.3 Å². The number of fused-ring (bicyclic) bond motifs is 1. The number of para-hydroxylation sites is 1. The largest absolute Gasteiger partial charge is 0.480 e. The van der Waals surface area contributed by atoms with Gasteiger partial charge in [-0.15, -0.1) is 0 Å². The predicted octanol–water partition coefficient (Wildman–Crippen LogP) is 1.80. The van der Waals surface area contributed by atoms with Crippen LogP contribution >= 0.6 is 0 Å². The number of aliphatic carboxylic acids is 1. The van der Waals surface area contributed by atoms with Crippen molar-refractivity contribution in [2.24, 2.45) is 0 Å². The quantitative estimate of drug-likeness (QED) is 0.818. The molecule has 1 aromatic carbocycles. The molecule has 0 aliphatic rings. The number of hydrogen-bond donors (Lipinski definition) is 2. The number of rotatable bonds is 4. The number of carboxylic acids is 2. The van der Waals surface area contributed by atoms with Gasteiger partial charge in [-0.1, -0.05) is 18.2 Å². The molecule has 0 spiro atoms. The summed E-state index contributed by atoms with van der Waals surface area (Å²) in [5.41, 5.74) is 0.110. The number of hydrogen-bond acceptors (Lipinski definition) is 3. The summed E-state index contributed by atoms with van der Waals surface area (Å²) >= 11 is 0. The van der Waals surface area contributed by atoms with Crippen LogP contribution in [0.25, 0.3) is 10.9 Å². The normalized spacial score (nSPS) is 12.3. The number of aldehydes is 1. The van der Waals surface area contributed by atoms with Crippen molar-refractivity contribution in [3.8, 4) is 0 Å². The number of nitrogens with zero attached hydrogens (tertiary/aromatic N) is 1. The molecule has 2 rings (SSSR count). The molecule has 1 atom stereocenters. The van der Waals surface area contributed by atoms with Gasteiger partial charge in [0.1, 0.15) is 11.7 Å². The zero-order chi connectivity index (χ0) is 14.2. The lowest BCUT2D eigenvalue weighted by Gasteiger charge is -2.12. The molecule has 1 heterocycles. The lowest BCUT2D eigenvalue weighted by molar-refractivity contribution is -0.140. The van der Waals surface area contributed by atoms with E-state index in [1.807, 2.05) is 0 Å². The van der Waals surface area contributed by atoms with Crippen LogP contribution in [0.1, 0.15) is 33.8 Å². The molecule has 19 heavy (non-hydrogen) atoms. The summed E-state index contributed by atoms with van der Waals surface area (Å²) in [6.07, 6.45) is 0.441. The van der Waals surface area contributed by atoms with E-state index in [0.717, 1.165) is 4.57 Å². The Hall–Kier alpha value is -2.63. The minimum atomic E-state index is -1.33. The molecule has 6 heteroatoms. The fraction of sp³-hybridized carbons (Fsp3) is 0.154. The maximum Gasteiger partial charge on any atom is 0.353 e. The Morgan fingerprint density at radius 2 is 1.89 bits per heavy atom. The second-order valence-corrected chi connectivity index (χ2v) is 4.09. The SMILES string of the molecule is C[C@@H](C(=O)O)n1c(C(=O)O)c(C=O)c2ccccc21. The number of benzene rings is 1. The van der Waals surface area contributed by atoms with E-state index in [-0.39, 0.29) is 11.3 Å². The predicted molar refractivity (Wildman–Crippen MR) is 66.6 cm³/mol. The minimum Gasteiger partial charge on any atom is -0.480 e. The van der Waals surface area contributed by atoms with Crippen molar-refractivity contribution in [1.82, 2.24) is 4.57 Å². The maximum atomic E-state index is 11.3. The van der Waals surface area contributed by atoms with E-state index in [0.29, 0.717) is 17.2 Å². The van der Waals surface area contributed by atoms with Crippen LogP contribution < -0.4 is 0 Å². The van der Waals surface area contributed by atoms with Gasteiger partial charge in [-0.3, -0.25) is 4.79 Å². The lowest BCUT2D eigenvalue weighted by Crippen LogP contribution is -2.20. The van der Waals surface area contributed by atoms with E-state index in [1.165, 1.54) is 6.92 Å². The standard InChI is InChI=1S/C13H11NO5/c1-7(12(16)17)14-10-5-3-2-4-8(10)9(6-15)11(14)13(18)19/h2-7H,1H3,(H,16,17)(H,18,19)/t7-/m0/s1. The van der Waals surface area contributed by atoms with Crippen molar-refractivity contribution >= 4 is 29.1 Å². The van der Waals surface area contributed by atoms with E-state index >= 15 is 0 Å². The molecular formula is C13H11NO5. The van der Waals surface area contributed by atoms with Gasteiger partial charge in [0.05, 0.1) is 11.1 Å². The van der Waals surface area contributed by atoms with Gasteiger partial charge in [-0.2, -0.15) is 0 Å². The van der Waals surface area contributed by atoms with Crippen LogP contribution in [0.3, 0.4) is 0 Å². The summed E-state index contributed by atoms with van der Waals surface area (Å²) in [6.45, 7) is 1.37. The van der Waals surface area contributed by atoms with Gasteiger partial charge in [-0.25, -0.2) is 9.59 Å². The molecule has 0 amide bonds. The van der Waals surface area contributed by atoms with Crippen molar-refractivity contribution in [1.29, 1.82) is 0 Å². The Morgan fingerprint density at radius 3 is 2.42 bits per heavy atom. The molecule has 0 aliphatic heterocycles. The topological polar surface area (TPSA) is 96.6 Å². The number of aromatic carboxylic acids is 1. The van der Waals surface area contributed by atoms with Crippen molar-refractivity contribution < 1.29 is 24.6 Å². The number of carbonyl (C=O) groups excluding carboxylic acids is 1. The molecule has 0 aliphatic carbocycles. The molecule has 0 saturated carbocycles. The summed E-state index contributed by atoms with van der Waals surface area (Å²) in [6, 6.07) is 5.43. The monoisotopic (exact) mass is 261 g/mol. The first-order valence-electron chi connectivity index (χ1n) is 5.53. The summed E-state index contributed by atoms with van der Waals surface area (Å²) < 4.78 is 1.16. The highest BCUT2D eigenvalue weighted by molar-refractivity contribution is 6.08. The number of carbonyl (C=O) groups is 3. The van der Waals surface area contributed by atoms with Crippen LogP contribution in [0.4, 0.5) is 0 Å². The highest BCUT2D eigenvalue weighted by atomic mass is 16.4. The van der Waals surface area contributed by atoms with Gasteiger partial charge in [0.2, 0.25) is 0 Å². The summed E-state index contributed by atoms with van der Waals surface area (Å²) in [5.74, 6) is -2.49. The average molecular weight is 261 g/mol. The Labute approximate surface area is 107 Å². The van der Waals surface area contributed by atoms with Gasteiger partial charge in [0.25, 0.3) is 0 Å². The summed E-state index contributed by atoms with van der Waals surface area (Å²) in [7, 11) is 0. The third-order valence-corrected chi connectivity index (χ3v) is 3.01. The first-order chi connectivity index (χ1) is 8.99. The minimum absolute atomic E-state index is 0.00352. The van der Waals surface area contributed by atoms with E-state index in [2.05, 4.69) is 0 Å². The Bertz CT molecular complexity index is 686. The molecular weight excluding hydrogens is 250 g/mol. The first-order valence-corrected chi connectivity index (χ1v) is 5.53. The Morgan fingerprint density at radius 1 is 1.26 bits per heavy atom. The van der Waals surface area contributed by atoms with Gasteiger partial charge in [-0.05, 0) is 13.0 Å². The van der Waals surface area contributed by atoms with Gasteiger partial charge >= 0.3 is 11.9 Å². The van der Waals surface area contributed by atoms with Gasteiger partial charge in [0.15, 0.2) is 6.29 Å². The van der Waals surface area contributed by atoms with Crippen LogP contribution in [-0.2, 0) is 4.79 Å². The van der Waals surface area contributed by atoms with Crippen molar-refractivity contribution in [2.45, 2.75) is 13.0 Å². The molecule has 98 valence electrons. The van der Waals surface area contributed by atoms with E-state index in [9.17, 15) is 19.5 Å². The highest BCUT2D eigenvalue weighted by Gasteiger charge is 2.27. The zero-order valence-electron chi connectivity index (χ0n) is 10.0. The third kappa shape index (κ3) is 1.87. The molecule has 0 fully saturated rings. The molecule has 0 unspecified atom stereocenters.